The highest BCUT2D eigenvalue weighted by Crippen LogP contribution is 2.26. The first kappa shape index (κ1) is 26.5. The molecule has 1 N–H and O–H groups in total. The van der Waals surface area contributed by atoms with E-state index in [4.69, 9.17) is 4.74 Å². The molecule has 5 nitrogen and oxygen atoms in total. The van der Waals surface area contributed by atoms with Crippen molar-refractivity contribution < 1.29 is 14.3 Å². The van der Waals surface area contributed by atoms with E-state index in [2.05, 4.69) is 5.32 Å². The highest BCUT2D eigenvalue weighted by molar-refractivity contribution is 5.90. The van der Waals surface area contributed by atoms with Crippen molar-refractivity contribution in [2.75, 3.05) is 6.61 Å². The Labute approximate surface area is 230 Å². The molecule has 0 aromatic heterocycles. The number of nitrogens with one attached hydrogen (secondary N) is 1. The first-order chi connectivity index (χ1) is 19.1. The van der Waals surface area contributed by atoms with Gasteiger partial charge in [0, 0.05) is 24.4 Å². The first-order valence-electron chi connectivity index (χ1n) is 13.9. The van der Waals surface area contributed by atoms with Crippen molar-refractivity contribution in [2.24, 2.45) is 0 Å². The van der Waals surface area contributed by atoms with Crippen LogP contribution in [0.2, 0.25) is 0 Å². The second-order valence-corrected chi connectivity index (χ2v) is 10.4. The number of carbonyl (C=O) groups excluding carboxylic acids is 2. The fourth-order valence-corrected chi connectivity index (χ4v) is 5.44. The summed E-state index contributed by atoms with van der Waals surface area (Å²) in [6.45, 7) is 2.22. The number of hydrogen-bond donors (Lipinski definition) is 1. The molecule has 2 amide bonds. The average Bonchev–Trinajstić information content (AvgIpc) is 3.48. The van der Waals surface area contributed by atoms with Crippen molar-refractivity contribution in [3.05, 3.63) is 114 Å². The number of hydrogen-bond acceptors (Lipinski definition) is 3. The highest BCUT2D eigenvalue weighted by Gasteiger charge is 2.32. The van der Waals surface area contributed by atoms with Crippen LogP contribution in [0.5, 0.6) is 5.75 Å². The van der Waals surface area contributed by atoms with Crippen LogP contribution in [-0.2, 0) is 22.6 Å². The van der Waals surface area contributed by atoms with Gasteiger partial charge in [-0.15, -0.1) is 0 Å². The quantitative estimate of drug-likeness (QED) is 0.270. The Hall–Kier alpha value is -4.12. The van der Waals surface area contributed by atoms with Crippen LogP contribution < -0.4 is 10.1 Å². The van der Waals surface area contributed by atoms with Gasteiger partial charge in [-0.25, -0.2) is 0 Å². The molecule has 0 saturated heterocycles. The van der Waals surface area contributed by atoms with Gasteiger partial charge in [0.15, 0.2) is 6.61 Å². The van der Waals surface area contributed by atoms with Gasteiger partial charge in [0.25, 0.3) is 5.91 Å². The fraction of sp³-hybridized carbons (Fsp3) is 0.294. The highest BCUT2D eigenvalue weighted by atomic mass is 16.5. The van der Waals surface area contributed by atoms with Crippen LogP contribution >= 0.6 is 0 Å². The molecule has 0 spiro atoms. The number of carbonyl (C=O) groups is 2. The van der Waals surface area contributed by atoms with E-state index in [0.29, 0.717) is 18.7 Å². The van der Waals surface area contributed by atoms with Crippen LogP contribution in [0.3, 0.4) is 0 Å². The maximum atomic E-state index is 14.0. The molecule has 4 aromatic rings. The molecule has 5 heteroatoms. The van der Waals surface area contributed by atoms with Crippen LogP contribution in [0.15, 0.2) is 97.1 Å². The zero-order chi connectivity index (χ0) is 27.0. The third-order valence-corrected chi connectivity index (χ3v) is 7.68. The lowest BCUT2D eigenvalue weighted by atomic mass is 10.0. The summed E-state index contributed by atoms with van der Waals surface area (Å²) in [6.07, 6.45) is 4.66. The molecule has 0 unspecified atom stereocenters. The van der Waals surface area contributed by atoms with Crippen molar-refractivity contribution in [2.45, 2.75) is 57.7 Å². The molecule has 0 heterocycles. The topological polar surface area (TPSA) is 58.6 Å². The molecule has 1 saturated carbocycles. The smallest absolute Gasteiger partial charge is 0.261 e. The van der Waals surface area contributed by atoms with E-state index in [1.54, 1.807) is 4.90 Å². The summed E-state index contributed by atoms with van der Waals surface area (Å²) in [6, 6.07) is 31.3. The Morgan fingerprint density at radius 1 is 0.872 bits per heavy atom. The number of nitrogens with zero attached hydrogens (tertiary/aromatic N) is 1. The molecular formula is C34H36N2O3. The van der Waals surface area contributed by atoms with E-state index in [9.17, 15) is 9.59 Å². The Bertz CT molecular complexity index is 1410. The molecule has 4 aromatic carbocycles. The van der Waals surface area contributed by atoms with Crippen LogP contribution in [0.25, 0.3) is 10.8 Å². The summed E-state index contributed by atoms with van der Waals surface area (Å²) in [5, 5.41) is 5.27. The minimum atomic E-state index is -0.656. The molecule has 5 rings (SSSR count). The average molecular weight is 521 g/mol. The van der Waals surface area contributed by atoms with Crippen molar-refractivity contribution in [1.29, 1.82) is 0 Å². The van der Waals surface area contributed by atoms with Crippen LogP contribution in [0.4, 0.5) is 0 Å². The molecule has 200 valence electrons. The van der Waals surface area contributed by atoms with Crippen LogP contribution in [0.1, 0.15) is 42.4 Å². The van der Waals surface area contributed by atoms with E-state index in [-0.39, 0.29) is 24.5 Å². The predicted octanol–water partition coefficient (Wildman–Crippen LogP) is 6.23. The maximum Gasteiger partial charge on any atom is 0.261 e. The van der Waals surface area contributed by atoms with Gasteiger partial charge in [0.1, 0.15) is 11.8 Å². The van der Waals surface area contributed by atoms with Gasteiger partial charge in [0.2, 0.25) is 5.91 Å². The summed E-state index contributed by atoms with van der Waals surface area (Å²) < 4.78 is 6.12. The zero-order valence-corrected chi connectivity index (χ0v) is 22.5. The Morgan fingerprint density at radius 3 is 2.36 bits per heavy atom. The summed E-state index contributed by atoms with van der Waals surface area (Å²) in [5.74, 6) is 0.346. The molecule has 1 fully saturated rings. The lowest BCUT2D eigenvalue weighted by Gasteiger charge is -2.32. The standard InChI is InChI=1S/C34H36N2O3/c1-25-12-5-6-16-28(25)23-36(33(37)24-39-32-21-11-17-27-15-7-10-20-30(27)32)31(22-26-13-3-2-4-14-26)34(38)35-29-18-8-9-19-29/h2-7,10-17,20-21,29,31H,8-9,18-19,22-24H2,1H3,(H,35,38)/t31-/m1/s1. The van der Waals surface area contributed by atoms with Crippen molar-refractivity contribution >= 4 is 22.6 Å². The maximum absolute atomic E-state index is 14.0. The summed E-state index contributed by atoms with van der Waals surface area (Å²) in [7, 11) is 0. The molecular weight excluding hydrogens is 484 g/mol. The lowest BCUT2D eigenvalue weighted by Crippen LogP contribution is -2.53. The number of benzene rings is 4. The van der Waals surface area contributed by atoms with E-state index >= 15 is 0 Å². The molecule has 39 heavy (non-hydrogen) atoms. The number of aryl methyl sites for hydroxylation is 1. The second kappa shape index (κ2) is 12.6. The van der Waals surface area contributed by atoms with Gasteiger partial charge in [-0.1, -0.05) is 104 Å². The van der Waals surface area contributed by atoms with Crippen LogP contribution in [0, 0.1) is 6.92 Å². The Kier molecular flexibility index (Phi) is 8.57. The van der Waals surface area contributed by atoms with Crippen molar-refractivity contribution in [3.63, 3.8) is 0 Å². The van der Waals surface area contributed by atoms with Gasteiger partial charge in [-0.2, -0.15) is 0 Å². The molecule has 1 atom stereocenters. The van der Waals surface area contributed by atoms with Gasteiger partial charge >= 0.3 is 0 Å². The normalized spacial score (nSPS) is 14.2. The third-order valence-electron chi connectivity index (χ3n) is 7.68. The Morgan fingerprint density at radius 2 is 1.56 bits per heavy atom. The monoisotopic (exact) mass is 520 g/mol. The fourth-order valence-electron chi connectivity index (χ4n) is 5.44. The lowest BCUT2D eigenvalue weighted by molar-refractivity contribution is -0.143. The molecule has 0 aliphatic heterocycles. The minimum absolute atomic E-state index is 0.0992. The SMILES string of the molecule is Cc1ccccc1CN(C(=O)COc1cccc2ccccc12)[C@H](Cc1ccccc1)C(=O)NC1CCCC1. The van der Waals surface area contributed by atoms with E-state index < -0.39 is 6.04 Å². The number of amides is 2. The molecule has 0 bridgehead atoms. The van der Waals surface area contributed by atoms with Crippen LogP contribution in [-0.4, -0.2) is 35.4 Å². The van der Waals surface area contributed by atoms with E-state index in [1.165, 1.54) is 0 Å². The number of rotatable bonds is 10. The molecule has 0 radical (unpaired) electrons. The summed E-state index contributed by atoms with van der Waals surface area (Å²) in [4.78, 5) is 29.5. The van der Waals surface area contributed by atoms with Gasteiger partial charge < -0.3 is 15.0 Å². The van der Waals surface area contributed by atoms with Gasteiger partial charge in [-0.05, 0) is 47.9 Å². The minimum Gasteiger partial charge on any atom is -0.483 e. The second-order valence-electron chi connectivity index (χ2n) is 10.4. The van der Waals surface area contributed by atoms with Crippen molar-refractivity contribution in [1.82, 2.24) is 10.2 Å². The third kappa shape index (κ3) is 6.66. The number of fused-ring (bicyclic) bond motifs is 1. The largest absolute Gasteiger partial charge is 0.483 e. The van der Waals surface area contributed by atoms with E-state index in [1.807, 2.05) is 104 Å². The Balaban J connectivity index is 1.44. The zero-order valence-electron chi connectivity index (χ0n) is 22.5. The summed E-state index contributed by atoms with van der Waals surface area (Å²) >= 11 is 0. The van der Waals surface area contributed by atoms with Gasteiger partial charge in [0.05, 0.1) is 0 Å². The van der Waals surface area contributed by atoms with Gasteiger partial charge in [-0.3, -0.25) is 9.59 Å². The van der Waals surface area contributed by atoms with Crippen molar-refractivity contribution in [3.8, 4) is 5.75 Å². The summed E-state index contributed by atoms with van der Waals surface area (Å²) in [5.41, 5.74) is 3.12. The number of ether oxygens (including phenoxy) is 1. The molecule has 1 aliphatic carbocycles. The van der Waals surface area contributed by atoms with E-state index in [0.717, 1.165) is 53.1 Å². The first-order valence-corrected chi connectivity index (χ1v) is 13.9. The molecule has 1 aliphatic rings. The predicted molar refractivity (Wildman–Crippen MR) is 156 cm³/mol.